The summed E-state index contributed by atoms with van der Waals surface area (Å²) in [6.07, 6.45) is 6.93. The van der Waals surface area contributed by atoms with Crippen LogP contribution in [0.25, 0.3) is 0 Å². The van der Waals surface area contributed by atoms with Gasteiger partial charge in [-0.3, -0.25) is 0 Å². The summed E-state index contributed by atoms with van der Waals surface area (Å²) in [7, 11) is 4.28. The molecular weight excluding hydrogens is 172 g/mol. The molecule has 1 saturated carbocycles. The molecule has 0 spiro atoms. The van der Waals surface area contributed by atoms with E-state index in [4.69, 9.17) is 0 Å². The Labute approximate surface area is 89.1 Å². The molecule has 0 heterocycles. The van der Waals surface area contributed by atoms with Gasteiger partial charge in [-0.05, 0) is 52.4 Å². The van der Waals surface area contributed by atoms with Crippen molar-refractivity contribution in [1.82, 2.24) is 10.2 Å². The quantitative estimate of drug-likeness (QED) is 0.681. The van der Waals surface area contributed by atoms with Gasteiger partial charge in [0.2, 0.25) is 0 Å². The summed E-state index contributed by atoms with van der Waals surface area (Å²) in [5.74, 6) is 0.940. The van der Waals surface area contributed by atoms with E-state index >= 15 is 0 Å². The van der Waals surface area contributed by atoms with Crippen molar-refractivity contribution < 1.29 is 0 Å². The molecule has 1 aliphatic rings. The minimum atomic E-state index is 0.806. The maximum absolute atomic E-state index is 3.68. The SMILES string of the molecule is C[C@@H]1CCC[C@H](NCCCN(C)C)C1. The molecule has 0 radical (unpaired) electrons. The Hall–Kier alpha value is -0.0800. The molecule has 0 aromatic rings. The van der Waals surface area contributed by atoms with Gasteiger partial charge < -0.3 is 10.2 Å². The van der Waals surface area contributed by atoms with Gasteiger partial charge in [-0.15, -0.1) is 0 Å². The van der Waals surface area contributed by atoms with Gasteiger partial charge in [-0.2, -0.15) is 0 Å². The molecule has 0 saturated heterocycles. The molecule has 0 unspecified atom stereocenters. The lowest BCUT2D eigenvalue weighted by Crippen LogP contribution is -2.35. The first-order chi connectivity index (χ1) is 6.68. The molecule has 1 rings (SSSR count). The number of nitrogens with one attached hydrogen (secondary N) is 1. The summed E-state index contributed by atoms with van der Waals surface area (Å²) >= 11 is 0. The molecule has 2 atom stereocenters. The van der Waals surface area contributed by atoms with E-state index in [1.807, 2.05) is 0 Å². The third-order valence-electron chi connectivity index (χ3n) is 3.15. The average Bonchev–Trinajstić information content (AvgIpc) is 2.12. The van der Waals surface area contributed by atoms with Crippen molar-refractivity contribution in [2.24, 2.45) is 5.92 Å². The molecule has 1 fully saturated rings. The zero-order valence-corrected chi connectivity index (χ0v) is 10.1. The smallest absolute Gasteiger partial charge is 0.00696 e. The van der Waals surface area contributed by atoms with Gasteiger partial charge >= 0.3 is 0 Å². The van der Waals surface area contributed by atoms with E-state index in [0.717, 1.165) is 12.0 Å². The lowest BCUT2D eigenvalue weighted by molar-refractivity contribution is 0.295. The van der Waals surface area contributed by atoms with E-state index in [0.29, 0.717) is 0 Å². The maximum atomic E-state index is 3.68. The third-order valence-corrected chi connectivity index (χ3v) is 3.15. The van der Waals surface area contributed by atoms with E-state index in [9.17, 15) is 0 Å². The van der Waals surface area contributed by atoms with Crippen molar-refractivity contribution in [3.8, 4) is 0 Å². The lowest BCUT2D eigenvalue weighted by Gasteiger charge is -2.27. The Morgan fingerprint density at radius 1 is 1.29 bits per heavy atom. The fraction of sp³-hybridized carbons (Fsp3) is 1.00. The van der Waals surface area contributed by atoms with Crippen molar-refractivity contribution in [2.75, 3.05) is 27.2 Å². The van der Waals surface area contributed by atoms with Crippen LogP contribution in [0, 0.1) is 5.92 Å². The normalized spacial score (nSPS) is 28.3. The minimum Gasteiger partial charge on any atom is -0.314 e. The third kappa shape index (κ3) is 4.97. The highest BCUT2D eigenvalue weighted by Crippen LogP contribution is 2.23. The molecule has 2 nitrogen and oxygen atoms in total. The summed E-state index contributed by atoms with van der Waals surface area (Å²) in [6.45, 7) is 4.78. The molecule has 84 valence electrons. The number of hydrogen-bond acceptors (Lipinski definition) is 2. The van der Waals surface area contributed by atoms with Crippen LogP contribution in [-0.4, -0.2) is 38.1 Å². The molecule has 14 heavy (non-hydrogen) atoms. The summed E-state index contributed by atoms with van der Waals surface area (Å²) in [6, 6.07) is 0.806. The largest absolute Gasteiger partial charge is 0.314 e. The molecule has 1 aliphatic carbocycles. The van der Waals surface area contributed by atoms with Crippen molar-refractivity contribution in [3.63, 3.8) is 0 Å². The number of rotatable bonds is 5. The van der Waals surface area contributed by atoms with Crippen molar-refractivity contribution in [3.05, 3.63) is 0 Å². The molecule has 0 aromatic heterocycles. The highest BCUT2D eigenvalue weighted by molar-refractivity contribution is 4.75. The van der Waals surface area contributed by atoms with Crippen LogP contribution in [-0.2, 0) is 0 Å². The molecule has 0 bridgehead atoms. The first-order valence-corrected chi connectivity index (χ1v) is 6.06. The Morgan fingerprint density at radius 2 is 2.07 bits per heavy atom. The van der Waals surface area contributed by atoms with E-state index in [1.54, 1.807) is 0 Å². The van der Waals surface area contributed by atoms with Crippen LogP contribution in [0.3, 0.4) is 0 Å². The van der Waals surface area contributed by atoms with Crippen LogP contribution in [0.15, 0.2) is 0 Å². The van der Waals surface area contributed by atoms with Gasteiger partial charge in [0.25, 0.3) is 0 Å². The second kappa shape index (κ2) is 6.41. The van der Waals surface area contributed by atoms with Crippen LogP contribution in [0.5, 0.6) is 0 Å². The van der Waals surface area contributed by atoms with Gasteiger partial charge in [-0.25, -0.2) is 0 Å². The fourth-order valence-electron chi connectivity index (χ4n) is 2.32. The van der Waals surface area contributed by atoms with Gasteiger partial charge in [0.15, 0.2) is 0 Å². The van der Waals surface area contributed by atoms with Crippen molar-refractivity contribution in [2.45, 2.75) is 45.1 Å². The van der Waals surface area contributed by atoms with Crippen LogP contribution in [0.1, 0.15) is 39.0 Å². The number of nitrogens with zero attached hydrogens (tertiary/aromatic N) is 1. The van der Waals surface area contributed by atoms with Gasteiger partial charge in [0, 0.05) is 6.04 Å². The average molecular weight is 198 g/mol. The molecule has 0 aliphatic heterocycles. The Balaban J connectivity index is 2.00. The van der Waals surface area contributed by atoms with Gasteiger partial charge in [0.05, 0.1) is 0 Å². The van der Waals surface area contributed by atoms with E-state index in [-0.39, 0.29) is 0 Å². The predicted molar refractivity (Wildman–Crippen MR) is 62.6 cm³/mol. The Kier molecular flexibility index (Phi) is 5.49. The lowest BCUT2D eigenvalue weighted by atomic mass is 9.87. The fourth-order valence-corrected chi connectivity index (χ4v) is 2.32. The van der Waals surface area contributed by atoms with E-state index in [1.165, 1.54) is 45.2 Å². The highest BCUT2D eigenvalue weighted by atomic mass is 15.1. The Morgan fingerprint density at radius 3 is 2.71 bits per heavy atom. The van der Waals surface area contributed by atoms with Gasteiger partial charge in [0.1, 0.15) is 0 Å². The Bertz CT molecular complexity index is 145. The first kappa shape index (κ1) is 12.0. The standard InChI is InChI=1S/C12H26N2/c1-11-6-4-7-12(10-11)13-8-5-9-14(2)3/h11-13H,4-10H2,1-3H3/t11-,12+/m1/s1. The second-order valence-electron chi connectivity index (χ2n) is 5.08. The highest BCUT2D eigenvalue weighted by Gasteiger charge is 2.17. The summed E-state index contributed by atoms with van der Waals surface area (Å²) in [5.41, 5.74) is 0. The molecule has 0 aromatic carbocycles. The zero-order chi connectivity index (χ0) is 10.4. The maximum Gasteiger partial charge on any atom is 0.00696 e. The minimum absolute atomic E-state index is 0.806. The molecular formula is C12H26N2. The summed E-state index contributed by atoms with van der Waals surface area (Å²) in [5, 5.41) is 3.68. The van der Waals surface area contributed by atoms with E-state index < -0.39 is 0 Å². The van der Waals surface area contributed by atoms with Crippen LogP contribution in [0.2, 0.25) is 0 Å². The zero-order valence-electron chi connectivity index (χ0n) is 10.1. The summed E-state index contributed by atoms with van der Waals surface area (Å²) in [4.78, 5) is 2.26. The monoisotopic (exact) mass is 198 g/mol. The van der Waals surface area contributed by atoms with Crippen LogP contribution < -0.4 is 5.32 Å². The number of hydrogen-bond donors (Lipinski definition) is 1. The molecule has 1 N–H and O–H groups in total. The summed E-state index contributed by atoms with van der Waals surface area (Å²) < 4.78 is 0. The van der Waals surface area contributed by atoms with Crippen LogP contribution in [0.4, 0.5) is 0 Å². The predicted octanol–water partition coefficient (Wildman–Crippen LogP) is 2.11. The van der Waals surface area contributed by atoms with Gasteiger partial charge in [-0.1, -0.05) is 19.8 Å². The second-order valence-corrected chi connectivity index (χ2v) is 5.08. The van der Waals surface area contributed by atoms with Crippen molar-refractivity contribution >= 4 is 0 Å². The topological polar surface area (TPSA) is 15.3 Å². The van der Waals surface area contributed by atoms with Crippen molar-refractivity contribution in [1.29, 1.82) is 0 Å². The van der Waals surface area contributed by atoms with Crippen LogP contribution >= 0.6 is 0 Å². The molecule has 0 amide bonds. The first-order valence-electron chi connectivity index (χ1n) is 6.06. The van der Waals surface area contributed by atoms with E-state index in [2.05, 4.69) is 31.2 Å². The molecule has 2 heteroatoms.